The molecule has 3 N–H and O–H groups in total. The van der Waals surface area contributed by atoms with Gasteiger partial charge >= 0.3 is 0 Å². The van der Waals surface area contributed by atoms with Gasteiger partial charge in [-0.25, -0.2) is 0 Å². The number of carbonyl (C=O) groups is 1. The Morgan fingerprint density at radius 2 is 2.05 bits per heavy atom. The van der Waals surface area contributed by atoms with Crippen LogP contribution in [0.1, 0.15) is 17.3 Å². The zero-order valence-electron chi connectivity index (χ0n) is 12.4. The fourth-order valence-electron chi connectivity index (χ4n) is 1.91. The van der Waals surface area contributed by atoms with E-state index >= 15 is 0 Å². The number of amides is 1. The lowest BCUT2D eigenvalue weighted by Gasteiger charge is -2.11. The first-order valence-corrected chi connectivity index (χ1v) is 7.10. The first-order chi connectivity index (χ1) is 10.5. The molecule has 0 heterocycles. The zero-order chi connectivity index (χ0) is 16.1. The van der Waals surface area contributed by atoms with Crippen LogP contribution in [0.15, 0.2) is 36.4 Å². The van der Waals surface area contributed by atoms with Crippen LogP contribution in [0.2, 0.25) is 5.02 Å². The van der Waals surface area contributed by atoms with Gasteiger partial charge in [-0.3, -0.25) is 4.79 Å². The molecule has 0 aliphatic carbocycles. The van der Waals surface area contributed by atoms with Crippen LogP contribution in [0.4, 0.5) is 11.4 Å². The normalized spacial score (nSPS) is 10.1. The molecule has 0 atom stereocenters. The summed E-state index contributed by atoms with van der Waals surface area (Å²) in [7, 11) is 1.52. The number of nitrogens with one attached hydrogen (secondary N) is 1. The topological polar surface area (TPSA) is 73.6 Å². The fourth-order valence-corrected chi connectivity index (χ4v) is 2.17. The Labute approximate surface area is 134 Å². The number of nitrogens with two attached hydrogens (primary N) is 1. The molecule has 0 saturated carbocycles. The zero-order valence-corrected chi connectivity index (χ0v) is 13.1. The molecule has 6 heteroatoms. The minimum atomic E-state index is -0.305. The number of halogens is 1. The van der Waals surface area contributed by atoms with Gasteiger partial charge in [-0.05, 0) is 37.3 Å². The summed E-state index contributed by atoms with van der Waals surface area (Å²) in [5.41, 5.74) is 7.27. The van der Waals surface area contributed by atoms with E-state index in [1.807, 2.05) is 6.92 Å². The van der Waals surface area contributed by atoms with Crippen molar-refractivity contribution in [2.45, 2.75) is 6.92 Å². The quantitative estimate of drug-likeness (QED) is 0.826. The molecule has 0 aliphatic heterocycles. The summed E-state index contributed by atoms with van der Waals surface area (Å²) in [4.78, 5) is 12.2. The molecule has 1 amide bonds. The summed E-state index contributed by atoms with van der Waals surface area (Å²) < 4.78 is 10.4. The van der Waals surface area contributed by atoms with Crippen molar-refractivity contribution in [3.8, 4) is 11.5 Å². The molecule has 22 heavy (non-hydrogen) atoms. The molecule has 0 unspecified atom stereocenters. The molecule has 0 radical (unpaired) electrons. The van der Waals surface area contributed by atoms with Crippen LogP contribution in [-0.4, -0.2) is 19.6 Å². The Hall–Kier alpha value is -2.40. The molecular weight excluding hydrogens is 304 g/mol. The summed E-state index contributed by atoms with van der Waals surface area (Å²) in [6.45, 7) is 2.44. The lowest BCUT2D eigenvalue weighted by Crippen LogP contribution is -2.13. The van der Waals surface area contributed by atoms with Gasteiger partial charge in [-0.1, -0.05) is 11.6 Å². The molecule has 0 aromatic heterocycles. The van der Waals surface area contributed by atoms with Crippen molar-refractivity contribution in [3.05, 3.63) is 47.0 Å². The Morgan fingerprint density at radius 3 is 2.64 bits per heavy atom. The average molecular weight is 321 g/mol. The number of methoxy groups -OCH3 is 1. The van der Waals surface area contributed by atoms with Crippen molar-refractivity contribution in [2.75, 3.05) is 24.8 Å². The van der Waals surface area contributed by atoms with Crippen molar-refractivity contribution in [3.63, 3.8) is 0 Å². The van der Waals surface area contributed by atoms with Crippen LogP contribution >= 0.6 is 11.6 Å². The molecule has 2 rings (SSSR count). The smallest absolute Gasteiger partial charge is 0.255 e. The number of benzene rings is 2. The highest BCUT2D eigenvalue weighted by Crippen LogP contribution is 2.27. The minimum absolute atomic E-state index is 0.305. The minimum Gasteiger partial charge on any atom is -0.495 e. The van der Waals surface area contributed by atoms with Gasteiger partial charge in [0.15, 0.2) is 0 Å². The van der Waals surface area contributed by atoms with E-state index in [1.165, 1.54) is 7.11 Å². The first-order valence-electron chi connectivity index (χ1n) is 6.72. The summed E-state index contributed by atoms with van der Waals surface area (Å²) in [5, 5.41) is 3.11. The van der Waals surface area contributed by atoms with Gasteiger partial charge < -0.3 is 20.5 Å². The van der Waals surface area contributed by atoms with E-state index in [0.717, 1.165) is 0 Å². The van der Waals surface area contributed by atoms with Crippen LogP contribution in [0.3, 0.4) is 0 Å². The Morgan fingerprint density at radius 1 is 1.27 bits per heavy atom. The lowest BCUT2D eigenvalue weighted by atomic mass is 10.2. The number of anilines is 2. The highest BCUT2D eigenvalue weighted by atomic mass is 35.5. The molecule has 0 fully saturated rings. The van der Waals surface area contributed by atoms with Gasteiger partial charge in [0.05, 0.1) is 30.1 Å². The van der Waals surface area contributed by atoms with Gasteiger partial charge in [0.25, 0.3) is 5.91 Å². The van der Waals surface area contributed by atoms with Crippen molar-refractivity contribution < 1.29 is 14.3 Å². The molecular formula is C16H17ClN2O3. The standard InChI is InChI=1S/C16H17ClN2O3/c1-3-22-11-5-6-14(13(18)9-11)19-16(20)10-4-7-15(21-2)12(17)8-10/h4-9H,3,18H2,1-2H3,(H,19,20). The van der Waals surface area contributed by atoms with Crippen LogP contribution in [0.5, 0.6) is 11.5 Å². The van der Waals surface area contributed by atoms with E-state index in [4.69, 9.17) is 26.8 Å². The van der Waals surface area contributed by atoms with Crippen LogP contribution in [0, 0.1) is 0 Å². The Balaban J connectivity index is 2.16. The van der Waals surface area contributed by atoms with Gasteiger partial charge in [0.2, 0.25) is 0 Å². The molecule has 2 aromatic rings. The first kappa shape index (κ1) is 16.0. The third kappa shape index (κ3) is 3.62. The summed E-state index contributed by atoms with van der Waals surface area (Å²) in [5.74, 6) is 0.865. The highest BCUT2D eigenvalue weighted by molar-refractivity contribution is 6.32. The fraction of sp³-hybridized carbons (Fsp3) is 0.188. The number of rotatable bonds is 5. The van der Waals surface area contributed by atoms with Gasteiger partial charge in [-0.15, -0.1) is 0 Å². The molecule has 0 aliphatic rings. The van der Waals surface area contributed by atoms with Gasteiger partial charge in [0, 0.05) is 11.6 Å². The van der Waals surface area contributed by atoms with E-state index in [0.29, 0.717) is 40.1 Å². The number of nitrogen functional groups attached to an aromatic ring is 1. The maximum absolute atomic E-state index is 12.2. The third-order valence-electron chi connectivity index (χ3n) is 3.00. The van der Waals surface area contributed by atoms with E-state index in [2.05, 4.69) is 5.32 Å². The monoisotopic (exact) mass is 320 g/mol. The second-order valence-electron chi connectivity index (χ2n) is 4.49. The van der Waals surface area contributed by atoms with Crippen molar-refractivity contribution >= 4 is 28.9 Å². The molecule has 0 bridgehead atoms. The van der Waals surface area contributed by atoms with E-state index < -0.39 is 0 Å². The average Bonchev–Trinajstić information content (AvgIpc) is 2.50. The van der Waals surface area contributed by atoms with Crippen molar-refractivity contribution in [2.24, 2.45) is 0 Å². The highest BCUT2D eigenvalue weighted by Gasteiger charge is 2.11. The summed E-state index contributed by atoms with van der Waals surface area (Å²) >= 11 is 6.02. The Kier molecular flexibility index (Phi) is 5.12. The maximum Gasteiger partial charge on any atom is 0.255 e. The van der Waals surface area contributed by atoms with Crippen LogP contribution in [0.25, 0.3) is 0 Å². The Bertz CT molecular complexity index is 689. The van der Waals surface area contributed by atoms with E-state index in [9.17, 15) is 4.79 Å². The second kappa shape index (κ2) is 7.04. The molecule has 5 nitrogen and oxygen atoms in total. The number of carbonyl (C=O) groups excluding carboxylic acids is 1. The third-order valence-corrected chi connectivity index (χ3v) is 3.29. The van der Waals surface area contributed by atoms with Crippen molar-refractivity contribution in [1.82, 2.24) is 0 Å². The largest absolute Gasteiger partial charge is 0.495 e. The SMILES string of the molecule is CCOc1ccc(NC(=O)c2ccc(OC)c(Cl)c2)c(N)c1. The molecule has 116 valence electrons. The predicted octanol–water partition coefficient (Wildman–Crippen LogP) is 3.58. The summed E-state index contributed by atoms with van der Waals surface area (Å²) in [6, 6.07) is 9.92. The maximum atomic E-state index is 12.2. The predicted molar refractivity (Wildman–Crippen MR) is 88.0 cm³/mol. The van der Waals surface area contributed by atoms with E-state index in [1.54, 1.807) is 36.4 Å². The van der Waals surface area contributed by atoms with Gasteiger partial charge in [-0.2, -0.15) is 0 Å². The lowest BCUT2D eigenvalue weighted by molar-refractivity contribution is 0.102. The van der Waals surface area contributed by atoms with Crippen LogP contribution in [-0.2, 0) is 0 Å². The molecule has 0 spiro atoms. The van der Waals surface area contributed by atoms with Crippen molar-refractivity contribution in [1.29, 1.82) is 0 Å². The van der Waals surface area contributed by atoms with E-state index in [-0.39, 0.29) is 5.91 Å². The number of ether oxygens (including phenoxy) is 2. The second-order valence-corrected chi connectivity index (χ2v) is 4.89. The van der Waals surface area contributed by atoms with Gasteiger partial charge in [0.1, 0.15) is 11.5 Å². The number of hydrogen-bond acceptors (Lipinski definition) is 4. The molecule has 0 saturated heterocycles. The molecule has 2 aromatic carbocycles. The number of hydrogen-bond donors (Lipinski definition) is 2. The summed E-state index contributed by atoms with van der Waals surface area (Å²) in [6.07, 6.45) is 0. The van der Waals surface area contributed by atoms with Crippen LogP contribution < -0.4 is 20.5 Å².